The highest BCUT2D eigenvalue weighted by Gasteiger charge is 2.11. The van der Waals surface area contributed by atoms with Gasteiger partial charge in [-0.1, -0.05) is 13.8 Å². The minimum atomic E-state index is -0.444. The molecule has 0 saturated carbocycles. The molecule has 1 N–H and O–H groups in total. The smallest absolute Gasteiger partial charge is 0.295 e. The third kappa shape index (κ3) is 2.77. The van der Waals surface area contributed by atoms with Crippen molar-refractivity contribution in [2.75, 3.05) is 11.9 Å². The van der Waals surface area contributed by atoms with Crippen LogP contribution in [-0.4, -0.2) is 16.5 Å². The van der Waals surface area contributed by atoms with Crippen molar-refractivity contribution < 1.29 is 9.34 Å². The van der Waals surface area contributed by atoms with Crippen molar-refractivity contribution in [3.05, 3.63) is 28.3 Å². The highest BCUT2D eigenvalue weighted by molar-refractivity contribution is 5.77. The molecule has 1 heterocycles. The number of anilines is 1. The number of hydrogen-bond acceptors (Lipinski definition) is 5. The van der Waals surface area contributed by atoms with Gasteiger partial charge in [0, 0.05) is 18.7 Å². The third-order valence-electron chi connectivity index (χ3n) is 2.58. The SMILES string of the molecule is CC(C)CCNc1nc2cc([N+](=O)[O-])ccc2o1. The molecule has 0 atom stereocenters. The highest BCUT2D eigenvalue weighted by Crippen LogP contribution is 2.23. The van der Waals surface area contributed by atoms with Gasteiger partial charge >= 0.3 is 0 Å². The van der Waals surface area contributed by atoms with E-state index in [1.54, 1.807) is 6.07 Å². The van der Waals surface area contributed by atoms with Crippen LogP contribution >= 0.6 is 0 Å². The number of aromatic nitrogens is 1. The number of non-ortho nitro benzene ring substituents is 1. The predicted octanol–water partition coefficient (Wildman–Crippen LogP) is 3.19. The zero-order valence-electron chi connectivity index (χ0n) is 10.3. The van der Waals surface area contributed by atoms with Gasteiger partial charge in [-0.25, -0.2) is 0 Å². The Bertz CT molecular complexity index is 563. The Labute approximate surface area is 104 Å². The molecule has 18 heavy (non-hydrogen) atoms. The normalized spacial score (nSPS) is 11.1. The minimum Gasteiger partial charge on any atom is -0.424 e. The quantitative estimate of drug-likeness (QED) is 0.650. The fourth-order valence-corrected chi connectivity index (χ4v) is 1.57. The van der Waals surface area contributed by atoms with E-state index in [0.717, 1.165) is 13.0 Å². The van der Waals surface area contributed by atoms with Crippen molar-refractivity contribution in [3.63, 3.8) is 0 Å². The van der Waals surface area contributed by atoms with E-state index in [-0.39, 0.29) is 5.69 Å². The van der Waals surface area contributed by atoms with Crippen LogP contribution in [0.1, 0.15) is 20.3 Å². The number of nitro groups is 1. The van der Waals surface area contributed by atoms with Crippen LogP contribution in [0.5, 0.6) is 0 Å². The van der Waals surface area contributed by atoms with E-state index in [0.29, 0.717) is 23.0 Å². The van der Waals surface area contributed by atoms with E-state index in [4.69, 9.17) is 4.42 Å². The van der Waals surface area contributed by atoms with Crippen molar-refractivity contribution in [2.24, 2.45) is 5.92 Å². The lowest BCUT2D eigenvalue weighted by atomic mass is 10.1. The summed E-state index contributed by atoms with van der Waals surface area (Å²) in [4.78, 5) is 14.4. The molecule has 0 aliphatic carbocycles. The highest BCUT2D eigenvalue weighted by atomic mass is 16.6. The Morgan fingerprint density at radius 2 is 2.28 bits per heavy atom. The van der Waals surface area contributed by atoms with Crippen molar-refractivity contribution in [3.8, 4) is 0 Å². The first-order valence-electron chi connectivity index (χ1n) is 5.85. The van der Waals surface area contributed by atoms with Crippen LogP contribution in [0.2, 0.25) is 0 Å². The third-order valence-corrected chi connectivity index (χ3v) is 2.58. The van der Waals surface area contributed by atoms with Gasteiger partial charge in [0.05, 0.1) is 4.92 Å². The Morgan fingerprint density at radius 3 is 2.94 bits per heavy atom. The van der Waals surface area contributed by atoms with Crippen LogP contribution < -0.4 is 5.32 Å². The molecule has 2 rings (SSSR count). The Kier molecular flexibility index (Phi) is 3.45. The van der Waals surface area contributed by atoms with E-state index in [9.17, 15) is 10.1 Å². The van der Waals surface area contributed by atoms with Gasteiger partial charge in [-0.3, -0.25) is 10.1 Å². The molecule has 6 heteroatoms. The molecule has 1 aromatic heterocycles. The average Bonchev–Trinajstić information content (AvgIpc) is 2.69. The van der Waals surface area contributed by atoms with Gasteiger partial charge in [0.15, 0.2) is 5.58 Å². The molecule has 0 spiro atoms. The fourth-order valence-electron chi connectivity index (χ4n) is 1.57. The van der Waals surface area contributed by atoms with Gasteiger partial charge in [-0.2, -0.15) is 4.98 Å². The second kappa shape index (κ2) is 5.03. The van der Waals surface area contributed by atoms with Gasteiger partial charge in [0.1, 0.15) is 5.52 Å². The van der Waals surface area contributed by atoms with Gasteiger partial charge in [0.25, 0.3) is 11.7 Å². The monoisotopic (exact) mass is 249 g/mol. The van der Waals surface area contributed by atoms with E-state index < -0.39 is 4.92 Å². The van der Waals surface area contributed by atoms with Gasteiger partial charge in [-0.15, -0.1) is 0 Å². The topological polar surface area (TPSA) is 81.2 Å². The lowest BCUT2D eigenvalue weighted by Crippen LogP contribution is -2.04. The molecule has 1 aromatic carbocycles. The summed E-state index contributed by atoms with van der Waals surface area (Å²) in [7, 11) is 0. The summed E-state index contributed by atoms with van der Waals surface area (Å²) in [6.07, 6.45) is 1.01. The Hall–Kier alpha value is -2.11. The maximum atomic E-state index is 10.6. The van der Waals surface area contributed by atoms with Crippen molar-refractivity contribution in [2.45, 2.75) is 20.3 Å². The van der Waals surface area contributed by atoms with Crippen molar-refractivity contribution in [1.29, 1.82) is 0 Å². The number of nitrogens with zero attached hydrogens (tertiary/aromatic N) is 2. The maximum Gasteiger partial charge on any atom is 0.295 e. The summed E-state index contributed by atoms with van der Waals surface area (Å²) in [6.45, 7) is 5.04. The molecule has 0 bridgehead atoms. The number of nitro benzene ring substituents is 1. The number of nitrogens with one attached hydrogen (secondary N) is 1. The summed E-state index contributed by atoms with van der Waals surface area (Å²) in [5.41, 5.74) is 1.06. The molecule has 0 amide bonds. The molecule has 0 fully saturated rings. The summed E-state index contributed by atoms with van der Waals surface area (Å²) in [5.74, 6) is 0.600. The van der Waals surface area contributed by atoms with Crippen LogP contribution in [-0.2, 0) is 0 Å². The zero-order valence-corrected chi connectivity index (χ0v) is 10.3. The molecule has 6 nitrogen and oxygen atoms in total. The summed E-state index contributed by atoms with van der Waals surface area (Å²) >= 11 is 0. The lowest BCUT2D eigenvalue weighted by molar-refractivity contribution is -0.384. The Balaban J connectivity index is 2.14. The van der Waals surface area contributed by atoms with Gasteiger partial charge < -0.3 is 9.73 Å². The van der Waals surface area contributed by atoms with Gasteiger partial charge in [-0.05, 0) is 18.4 Å². The first kappa shape index (κ1) is 12.3. The molecular weight excluding hydrogens is 234 g/mol. The molecule has 0 unspecified atom stereocenters. The summed E-state index contributed by atoms with van der Waals surface area (Å²) < 4.78 is 5.44. The van der Waals surface area contributed by atoms with Crippen molar-refractivity contribution in [1.82, 2.24) is 4.98 Å². The van der Waals surface area contributed by atoms with Crippen LogP contribution in [0.25, 0.3) is 11.1 Å². The maximum absolute atomic E-state index is 10.6. The number of fused-ring (bicyclic) bond motifs is 1. The first-order valence-corrected chi connectivity index (χ1v) is 5.85. The summed E-state index contributed by atoms with van der Waals surface area (Å²) in [5, 5.41) is 13.7. The predicted molar refractivity (Wildman–Crippen MR) is 68.6 cm³/mol. The fraction of sp³-hybridized carbons (Fsp3) is 0.417. The zero-order chi connectivity index (χ0) is 13.1. The van der Waals surface area contributed by atoms with Gasteiger partial charge in [0.2, 0.25) is 0 Å². The van der Waals surface area contributed by atoms with Crippen molar-refractivity contribution >= 4 is 22.8 Å². The van der Waals surface area contributed by atoms with E-state index >= 15 is 0 Å². The van der Waals surface area contributed by atoms with E-state index in [2.05, 4.69) is 24.1 Å². The van der Waals surface area contributed by atoms with E-state index in [1.807, 2.05) is 0 Å². The van der Waals surface area contributed by atoms with E-state index in [1.165, 1.54) is 12.1 Å². The standard InChI is InChI=1S/C12H15N3O3/c1-8(2)5-6-13-12-14-10-7-9(15(16)17)3-4-11(10)18-12/h3-4,7-8H,5-6H2,1-2H3,(H,13,14). The average molecular weight is 249 g/mol. The number of rotatable bonds is 5. The molecule has 0 aliphatic heterocycles. The molecule has 96 valence electrons. The molecular formula is C12H15N3O3. The molecule has 0 aliphatic rings. The lowest BCUT2D eigenvalue weighted by Gasteiger charge is -2.03. The van der Waals surface area contributed by atoms with Crippen LogP contribution in [0, 0.1) is 16.0 Å². The number of benzene rings is 1. The van der Waals surface area contributed by atoms with Crippen LogP contribution in [0.15, 0.2) is 22.6 Å². The second-order valence-electron chi connectivity index (χ2n) is 4.54. The van der Waals surface area contributed by atoms with Crippen LogP contribution in [0.4, 0.5) is 11.7 Å². The molecule has 2 aromatic rings. The molecule has 0 radical (unpaired) electrons. The largest absolute Gasteiger partial charge is 0.424 e. The number of oxazole rings is 1. The Morgan fingerprint density at radius 1 is 1.50 bits per heavy atom. The second-order valence-corrected chi connectivity index (χ2v) is 4.54. The summed E-state index contributed by atoms with van der Waals surface area (Å²) in [6, 6.07) is 4.79. The molecule has 0 saturated heterocycles. The minimum absolute atomic E-state index is 0.0181. The van der Waals surface area contributed by atoms with Crippen LogP contribution in [0.3, 0.4) is 0 Å². The number of hydrogen-bond donors (Lipinski definition) is 1. The first-order chi connectivity index (χ1) is 8.56.